The summed E-state index contributed by atoms with van der Waals surface area (Å²) in [6.45, 7) is 0.441. The van der Waals surface area contributed by atoms with E-state index in [1.807, 2.05) is 0 Å². The van der Waals surface area contributed by atoms with Crippen LogP contribution in [0.5, 0.6) is 0 Å². The predicted octanol–water partition coefficient (Wildman–Crippen LogP) is 3.43. The second-order valence-corrected chi connectivity index (χ2v) is 3.76. The van der Waals surface area contributed by atoms with Crippen LogP contribution in [0.25, 0.3) is 0 Å². The Balaban J connectivity index is 3.15. The Morgan fingerprint density at radius 3 is 2.43 bits per heavy atom. The largest absolute Gasteiger partial charge is 0.307 e. The van der Waals surface area contributed by atoms with Crippen molar-refractivity contribution in [3.63, 3.8) is 0 Å². The normalized spacial score (nSPS) is 11.5. The molecule has 0 atom stereocenters. The summed E-state index contributed by atoms with van der Waals surface area (Å²) in [7, 11) is 0. The van der Waals surface area contributed by atoms with Crippen molar-refractivity contribution < 1.29 is 18.0 Å². The summed E-state index contributed by atoms with van der Waals surface area (Å²) in [6.07, 6.45) is 0. The quantitative estimate of drug-likeness (QED) is 0.750. The molecule has 1 nitrogen and oxygen atoms in total. The van der Waals surface area contributed by atoms with E-state index in [9.17, 15) is 18.0 Å². The van der Waals surface area contributed by atoms with E-state index in [0.29, 0.717) is 11.4 Å². The highest BCUT2D eigenvalue weighted by Gasteiger charge is 2.34. The first kappa shape index (κ1) is 11.2. The van der Waals surface area contributed by atoms with Crippen molar-refractivity contribution in [3.05, 3.63) is 34.1 Å². The smallest absolute Gasteiger partial charge is 0.287 e. The maximum Gasteiger partial charge on any atom is 0.307 e. The number of Topliss-reactive ketones (excluding diaryl/α,β-unsaturated/α-hetero) is 1. The summed E-state index contributed by atoms with van der Waals surface area (Å²) >= 11 is 2.96. The van der Waals surface area contributed by atoms with Gasteiger partial charge in [0.1, 0.15) is 5.82 Å². The van der Waals surface area contributed by atoms with E-state index in [4.69, 9.17) is 0 Å². The van der Waals surface area contributed by atoms with Gasteiger partial charge < -0.3 is 0 Å². The summed E-state index contributed by atoms with van der Waals surface area (Å²) in [5, 5.41) is 0. The fourth-order valence-corrected chi connectivity index (χ4v) is 1.24. The third-order valence-corrected chi connectivity index (χ3v) is 2.07. The van der Waals surface area contributed by atoms with Gasteiger partial charge in [0.2, 0.25) is 5.78 Å². The van der Waals surface area contributed by atoms with Gasteiger partial charge in [-0.1, -0.05) is 15.9 Å². The van der Waals surface area contributed by atoms with Crippen LogP contribution < -0.4 is 0 Å². The summed E-state index contributed by atoms with van der Waals surface area (Å²) in [5.41, 5.74) is -0.597. The van der Waals surface area contributed by atoms with E-state index >= 15 is 0 Å². The molecule has 76 valence electrons. The molecule has 1 rings (SSSR count). The van der Waals surface area contributed by atoms with Gasteiger partial charge in [0, 0.05) is 11.4 Å². The van der Waals surface area contributed by atoms with E-state index < -0.39 is 23.1 Å². The zero-order valence-corrected chi connectivity index (χ0v) is 8.74. The van der Waals surface area contributed by atoms with Crippen LogP contribution in [0.15, 0.2) is 22.7 Å². The van der Waals surface area contributed by atoms with Gasteiger partial charge >= 0.3 is 5.92 Å². The summed E-state index contributed by atoms with van der Waals surface area (Å²) < 4.78 is 38.5. The van der Waals surface area contributed by atoms with Gasteiger partial charge in [0.05, 0.1) is 5.56 Å². The van der Waals surface area contributed by atoms with E-state index in [1.54, 1.807) is 0 Å². The Kier molecular flexibility index (Phi) is 2.99. The maximum absolute atomic E-state index is 13.0. The molecule has 1 aromatic carbocycles. The predicted molar refractivity (Wildman–Crippen MR) is 49.1 cm³/mol. The van der Waals surface area contributed by atoms with E-state index in [-0.39, 0.29) is 0 Å². The van der Waals surface area contributed by atoms with Crippen molar-refractivity contribution in [1.82, 2.24) is 0 Å². The molecule has 0 N–H and O–H groups in total. The lowest BCUT2D eigenvalue weighted by molar-refractivity contribution is 0.0217. The Morgan fingerprint density at radius 2 is 2.00 bits per heavy atom. The number of alkyl halides is 2. The highest BCUT2D eigenvalue weighted by atomic mass is 79.9. The van der Waals surface area contributed by atoms with E-state index in [1.165, 1.54) is 6.07 Å². The molecule has 0 spiro atoms. The van der Waals surface area contributed by atoms with Crippen LogP contribution in [0, 0.1) is 5.82 Å². The standard InChI is InChI=1S/C9H6BrF3O/c1-9(12,13)8(14)6-3-2-5(10)4-7(6)11/h2-4H,1H3. The van der Waals surface area contributed by atoms with E-state index in [0.717, 1.165) is 12.1 Å². The van der Waals surface area contributed by atoms with Crippen LogP contribution in [0.3, 0.4) is 0 Å². The summed E-state index contributed by atoms with van der Waals surface area (Å²) in [4.78, 5) is 11.0. The van der Waals surface area contributed by atoms with Crippen molar-refractivity contribution in [2.24, 2.45) is 0 Å². The highest BCUT2D eigenvalue weighted by molar-refractivity contribution is 9.10. The van der Waals surface area contributed by atoms with Gasteiger partial charge in [-0.05, 0) is 18.2 Å². The van der Waals surface area contributed by atoms with Crippen LogP contribution in [-0.4, -0.2) is 11.7 Å². The van der Waals surface area contributed by atoms with Crippen molar-refractivity contribution >= 4 is 21.7 Å². The molecule has 0 unspecified atom stereocenters. The minimum atomic E-state index is -3.55. The number of hydrogen-bond donors (Lipinski definition) is 0. The van der Waals surface area contributed by atoms with Crippen LogP contribution >= 0.6 is 15.9 Å². The van der Waals surface area contributed by atoms with Crippen molar-refractivity contribution in [3.8, 4) is 0 Å². The molecule has 0 bridgehead atoms. The molecule has 5 heteroatoms. The molecule has 14 heavy (non-hydrogen) atoms. The summed E-state index contributed by atoms with van der Waals surface area (Å²) in [5.74, 6) is -6.01. The molecule has 0 aromatic heterocycles. The molecular formula is C9H6BrF3O. The highest BCUT2D eigenvalue weighted by Crippen LogP contribution is 2.23. The third-order valence-electron chi connectivity index (χ3n) is 1.57. The van der Waals surface area contributed by atoms with Gasteiger partial charge in [-0.2, -0.15) is 8.78 Å². The van der Waals surface area contributed by atoms with Crippen LogP contribution in [0.1, 0.15) is 17.3 Å². The van der Waals surface area contributed by atoms with Crippen molar-refractivity contribution in [2.75, 3.05) is 0 Å². The second-order valence-electron chi connectivity index (χ2n) is 2.84. The molecule has 0 aliphatic rings. The number of rotatable bonds is 2. The van der Waals surface area contributed by atoms with Gasteiger partial charge in [0.25, 0.3) is 0 Å². The lowest BCUT2D eigenvalue weighted by atomic mass is 10.1. The molecule has 0 amide bonds. The van der Waals surface area contributed by atoms with Crippen LogP contribution in [0.2, 0.25) is 0 Å². The van der Waals surface area contributed by atoms with Crippen LogP contribution in [0.4, 0.5) is 13.2 Å². The van der Waals surface area contributed by atoms with Crippen LogP contribution in [-0.2, 0) is 0 Å². The van der Waals surface area contributed by atoms with E-state index in [2.05, 4.69) is 15.9 Å². The van der Waals surface area contributed by atoms with Gasteiger partial charge in [-0.15, -0.1) is 0 Å². The van der Waals surface area contributed by atoms with Gasteiger partial charge in [0.15, 0.2) is 0 Å². The Labute approximate surface area is 87.1 Å². The fourth-order valence-electron chi connectivity index (χ4n) is 0.910. The second kappa shape index (κ2) is 3.73. The zero-order chi connectivity index (χ0) is 10.9. The Bertz CT molecular complexity index is 371. The summed E-state index contributed by atoms with van der Waals surface area (Å²) in [6, 6.07) is 3.33. The first-order valence-corrected chi connectivity index (χ1v) is 4.49. The fraction of sp³-hybridized carbons (Fsp3) is 0.222. The number of carbonyl (C=O) groups excluding carboxylic acids is 1. The number of ketones is 1. The van der Waals surface area contributed by atoms with Crippen molar-refractivity contribution in [2.45, 2.75) is 12.8 Å². The molecule has 0 fully saturated rings. The lowest BCUT2D eigenvalue weighted by Crippen LogP contribution is -2.25. The molecule has 0 aliphatic carbocycles. The average Bonchev–Trinajstić information content (AvgIpc) is 2.01. The number of benzene rings is 1. The number of halogens is 4. The van der Waals surface area contributed by atoms with Crippen molar-refractivity contribution in [1.29, 1.82) is 0 Å². The topological polar surface area (TPSA) is 17.1 Å². The molecule has 0 saturated carbocycles. The maximum atomic E-state index is 13.0. The lowest BCUT2D eigenvalue weighted by Gasteiger charge is -2.09. The Morgan fingerprint density at radius 1 is 1.43 bits per heavy atom. The minimum Gasteiger partial charge on any atom is -0.287 e. The average molecular weight is 267 g/mol. The monoisotopic (exact) mass is 266 g/mol. The molecular weight excluding hydrogens is 261 g/mol. The van der Waals surface area contributed by atoms with Gasteiger partial charge in [-0.3, -0.25) is 4.79 Å². The minimum absolute atomic E-state index is 0.394. The molecule has 0 heterocycles. The number of hydrogen-bond acceptors (Lipinski definition) is 1. The molecule has 0 aliphatic heterocycles. The third kappa shape index (κ3) is 2.35. The Hall–Kier alpha value is -0.840. The van der Waals surface area contributed by atoms with Gasteiger partial charge in [-0.25, -0.2) is 4.39 Å². The SMILES string of the molecule is CC(F)(F)C(=O)c1ccc(Br)cc1F. The molecule has 0 radical (unpaired) electrons. The zero-order valence-electron chi connectivity index (χ0n) is 7.15. The molecule has 0 saturated heterocycles. The first-order valence-electron chi connectivity index (χ1n) is 3.70. The molecule has 1 aromatic rings. The number of carbonyl (C=O) groups is 1. The first-order chi connectivity index (χ1) is 6.32.